The lowest BCUT2D eigenvalue weighted by Gasteiger charge is -2.35. The quantitative estimate of drug-likeness (QED) is 0.478. The summed E-state index contributed by atoms with van der Waals surface area (Å²) < 4.78 is 0. The molecule has 1 aliphatic rings. The molecule has 7 heteroatoms. The second kappa shape index (κ2) is 11.9. The van der Waals surface area contributed by atoms with E-state index in [1.54, 1.807) is 0 Å². The highest BCUT2D eigenvalue weighted by atomic mass is 15.3. The zero-order valence-electron chi connectivity index (χ0n) is 19.6. The van der Waals surface area contributed by atoms with E-state index in [0.29, 0.717) is 12.5 Å². The van der Waals surface area contributed by atoms with Gasteiger partial charge >= 0.3 is 0 Å². The maximum atomic E-state index is 4.92. The number of hydrogen-bond acceptors (Lipinski definition) is 4. The molecule has 0 spiro atoms. The Morgan fingerprint density at radius 2 is 1.87 bits per heavy atom. The second-order valence-corrected chi connectivity index (χ2v) is 8.50. The topological polar surface area (TPSA) is 62.8 Å². The molecule has 170 valence electrons. The van der Waals surface area contributed by atoms with Crippen molar-refractivity contribution in [2.75, 3.05) is 59.4 Å². The van der Waals surface area contributed by atoms with Gasteiger partial charge in [0.05, 0.1) is 18.4 Å². The van der Waals surface area contributed by atoms with Gasteiger partial charge in [0.15, 0.2) is 5.96 Å². The van der Waals surface area contributed by atoms with Crippen LogP contribution >= 0.6 is 0 Å². The molecule has 0 amide bonds. The number of aliphatic imine (C=N–C) groups is 1. The van der Waals surface area contributed by atoms with Crippen molar-refractivity contribution in [1.82, 2.24) is 30.0 Å². The molecule has 7 nitrogen and oxygen atoms in total. The van der Waals surface area contributed by atoms with Crippen LogP contribution in [0.25, 0.3) is 11.3 Å². The van der Waals surface area contributed by atoms with Gasteiger partial charge in [0.1, 0.15) is 5.82 Å². The van der Waals surface area contributed by atoms with Gasteiger partial charge < -0.3 is 25.0 Å². The molecule has 1 aromatic carbocycles. The third-order valence-corrected chi connectivity index (χ3v) is 5.83. The number of guanidine groups is 1. The van der Waals surface area contributed by atoms with Crippen LogP contribution in [0.15, 0.2) is 41.5 Å². The van der Waals surface area contributed by atoms with Crippen LogP contribution in [0.2, 0.25) is 0 Å². The average molecular weight is 426 g/mol. The third-order valence-electron chi connectivity index (χ3n) is 5.83. The normalized spacial score (nSPS) is 17.0. The van der Waals surface area contributed by atoms with Crippen molar-refractivity contribution in [2.24, 2.45) is 10.9 Å². The highest BCUT2D eigenvalue weighted by molar-refractivity contribution is 5.79. The van der Waals surface area contributed by atoms with Crippen LogP contribution in [0.5, 0.6) is 0 Å². The van der Waals surface area contributed by atoms with Crippen molar-refractivity contribution in [3.05, 3.63) is 42.4 Å². The van der Waals surface area contributed by atoms with Gasteiger partial charge in [-0.2, -0.15) is 0 Å². The maximum absolute atomic E-state index is 4.92. The molecule has 3 rings (SSSR count). The summed E-state index contributed by atoms with van der Waals surface area (Å²) in [6.45, 7) is 16.0. The molecule has 31 heavy (non-hydrogen) atoms. The first-order chi connectivity index (χ1) is 15.1. The first-order valence-corrected chi connectivity index (χ1v) is 11.6. The van der Waals surface area contributed by atoms with Gasteiger partial charge in [0, 0.05) is 52.9 Å². The fourth-order valence-electron chi connectivity index (χ4n) is 4.01. The van der Waals surface area contributed by atoms with E-state index in [1.807, 2.05) is 24.4 Å². The summed E-state index contributed by atoms with van der Waals surface area (Å²) in [6, 6.07) is 10.3. The standard InChI is InChI=1S/C24H39N7/c1-5-25-24(27-16-20(3)18-31-14-12-30(6-2)13-15-31)29(4)19-23-26-17-22(28-23)21-10-8-7-9-11-21/h7-11,17,20H,5-6,12-16,18-19H2,1-4H3,(H,25,27)(H,26,28). The molecule has 1 unspecified atom stereocenters. The van der Waals surface area contributed by atoms with Crippen molar-refractivity contribution in [2.45, 2.75) is 27.3 Å². The Morgan fingerprint density at radius 3 is 2.55 bits per heavy atom. The zero-order valence-corrected chi connectivity index (χ0v) is 19.6. The zero-order chi connectivity index (χ0) is 22.1. The first-order valence-electron chi connectivity index (χ1n) is 11.6. The summed E-state index contributed by atoms with van der Waals surface area (Å²) >= 11 is 0. The number of aromatic nitrogens is 2. The van der Waals surface area contributed by atoms with E-state index < -0.39 is 0 Å². The van der Waals surface area contributed by atoms with E-state index >= 15 is 0 Å². The van der Waals surface area contributed by atoms with E-state index in [4.69, 9.17) is 4.99 Å². The molecule has 1 aromatic heterocycles. The van der Waals surface area contributed by atoms with Crippen molar-refractivity contribution in [1.29, 1.82) is 0 Å². The molecule has 2 N–H and O–H groups in total. The summed E-state index contributed by atoms with van der Waals surface area (Å²) in [5.41, 5.74) is 2.20. The molecular formula is C24H39N7. The Balaban J connectivity index is 1.53. The summed E-state index contributed by atoms with van der Waals surface area (Å²) in [5, 5.41) is 3.43. The van der Waals surface area contributed by atoms with Crippen molar-refractivity contribution >= 4 is 5.96 Å². The molecule has 0 radical (unpaired) electrons. The van der Waals surface area contributed by atoms with Crippen LogP contribution in [-0.2, 0) is 6.54 Å². The van der Waals surface area contributed by atoms with Gasteiger partial charge in [0.25, 0.3) is 0 Å². The largest absolute Gasteiger partial charge is 0.357 e. The van der Waals surface area contributed by atoms with Gasteiger partial charge in [-0.05, 0) is 24.9 Å². The fourth-order valence-corrected chi connectivity index (χ4v) is 4.01. The number of hydrogen-bond donors (Lipinski definition) is 2. The number of piperazine rings is 1. The number of rotatable bonds is 9. The van der Waals surface area contributed by atoms with Gasteiger partial charge in [-0.25, -0.2) is 4.98 Å². The Hall–Kier alpha value is -2.38. The summed E-state index contributed by atoms with van der Waals surface area (Å²) in [6.07, 6.45) is 1.91. The van der Waals surface area contributed by atoms with Gasteiger partial charge in [-0.3, -0.25) is 4.99 Å². The Kier molecular flexibility index (Phi) is 8.91. The van der Waals surface area contributed by atoms with Crippen molar-refractivity contribution in [3.8, 4) is 11.3 Å². The first kappa shape index (κ1) is 23.3. The number of likely N-dealkylation sites (N-methyl/N-ethyl adjacent to an activating group) is 1. The van der Waals surface area contributed by atoms with Crippen molar-refractivity contribution < 1.29 is 0 Å². The van der Waals surface area contributed by atoms with Crippen LogP contribution in [0.3, 0.4) is 0 Å². The number of imidazole rings is 1. The van der Waals surface area contributed by atoms with Gasteiger partial charge in [-0.15, -0.1) is 0 Å². The summed E-state index contributed by atoms with van der Waals surface area (Å²) in [7, 11) is 2.07. The number of benzene rings is 1. The van der Waals surface area contributed by atoms with E-state index in [1.165, 1.54) is 26.2 Å². The molecular weight excluding hydrogens is 386 g/mol. The molecule has 2 aromatic rings. The lowest BCUT2D eigenvalue weighted by Crippen LogP contribution is -2.47. The van der Waals surface area contributed by atoms with E-state index in [2.05, 4.69) is 69.9 Å². The van der Waals surface area contributed by atoms with Crippen LogP contribution in [0, 0.1) is 5.92 Å². The SMILES string of the molecule is CCNC(=NCC(C)CN1CCN(CC)CC1)N(C)Cc1ncc(-c2ccccc2)[nH]1. The highest BCUT2D eigenvalue weighted by Gasteiger charge is 2.17. The van der Waals surface area contributed by atoms with E-state index in [0.717, 1.165) is 49.2 Å². The Morgan fingerprint density at radius 1 is 1.16 bits per heavy atom. The van der Waals surface area contributed by atoms with Crippen molar-refractivity contribution in [3.63, 3.8) is 0 Å². The minimum atomic E-state index is 0.531. The van der Waals surface area contributed by atoms with E-state index in [9.17, 15) is 0 Å². The number of nitrogens with zero attached hydrogens (tertiary/aromatic N) is 5. The smallest absolute Gasteiger partial charge is 0.194 e. The monoisotopic (exact) mass is 425 g/mol. The van der Waals surface area contributed by atoms with Crippen LogP contribution < -0.4 is 5.32 Å². The third kappa shape index (κ3) is 7.08. The minimum Gasteiger partial charge on any atom is -0.357 e. The Labute approximate surface area is 187 Å². The molecule has 0 aliphatic carbocycles. The van der Waals surface area contributed by atoms with Crippen LogP contribution in [0.4, 0.5) is 0 Å². The molecule has 0 bridgehead atoms. The lowest BCUT2D eigenvalue weighted by atomic mass is 10.1. The molecule has 1 atom stereocenters. The predicted octanol–water partition coefficient (Wildman–Crippen LogP) is 2.75. The van der Waals surface area contributed by atoms with Gasteiger partial charge in [0.2, 0.25) is 0 Å². The number of H-pyrrole nitrogens is 1. The second-order valence-electron chi connectivity index (χ2n) is 8.50. The van der Waals surface area contributed by atoms with E-state index in [-0.39, 0.29) is 0 Å². The number of nitrogens with one attached hydrogen (secondary N) is 2. The predicted molar refractivity (Wildman–Crippen MR) is 129 cm³/mol. The molecule has 1 aliphatic heterocycles. The highest BCUT2D eigenvalue weighted by Crippen LogP contribution is 2.16. The van der Waals surface area contributed by atoms with Gasteiger partial charge in [-0.1, -0.05) is 44.2 Å². The summed E-state index contributed by atoms with van der Waals surface area (Å²) in [5.74, 6) is 2.40. The number of aromatic amines is 1. The lowest BCUT2D eigenvalue weighted by molar-refractivity contribution is 0.125. The Bertz CT molecular complexity index is 793. The molecule has 1 fully saturated rings. The van der Waals surface area contributed by atoms with Crippen LogP contribution in [0.1, 0.15) is 26.6 Å². The average Bonchev–Trinajstić information content (AvgIpc) is 3.26. The van der Waals surface area contributed by atoms with Crippen LogP contribution in [-0.4, -0.2) is 90.0 Å². The summed E-state index contributed by atoms with van der Waals surface area (Å²) in [4.78, 5) is 20.2. The minimum absolute atomic E-state index is 0.531. The molecule has 2 heterocycles. The fraction of sp³-hybridized carbons (Fsp3) is 0.583. The maximum Gasteiger partial charge on any atom is 0.194 e. The molecule has 0 saturated carbocycles. The molecule has 1 saturated heterocycles.